The molecule has 0 bridgehead atoms. The molecule has 0 atom stereocenters. The van der Waals surface area contributed by atoms with Crippen molar-refractivity contribution in [1.29, 1.82) is 0 Å². The zero-order valence-electron chi connectivity index (χ0n) is 12.4. The van der Waals surface area contributed by atoms with Crippen LogP contribution in [-0.2, 0) is 0 Å². The van der Waals surface area contributed by atoms with E-state index < -0.39 is 0 Å². The van der Waals surface area contributed by atoms with Crippen molar-refractivity contribution in [2.75, 3.05) is 26.0 Å². The van der Waals surface area contributed by atoms with Gasteiger partial charge in [0.1, 0.15) is 5.75 Å². The largest absolute Gasteiger partial charge is 0.495 e. The maximum absolute atomic E-state index is 12.1. The maximum atomic E-state index is 12.1. The van der Waals surface area contributed by atoms with Crippen LogP contribution >= 0.6 is 0 Å². The number of aliphatic hydroxyl groups is 1. The summed E-state index contributed by atoms with van der Waals surface area (Å²) in [5.41, 5.74) is 6.45. The van der Waals surface area contributed by atoms with E-state index in [9.17, 15) is 9.90 Å². The summed E-state index contributed by atoms with van der Waals surface area (Å²) in [5.74, 6) is 0.354. The van der Waals surface area contributed by atoms with Crippen molar-refractivity contribution in [3.05, 3.63) is 23.8 Å². The minimum atomic E-state index is -0.256. The summed E-state index contributed by atoms with van der Waals surface area (Å²) in [7, 11) is 1.53. The first-order valence-electron chi connectivity index (χ1n) is 6.84. The minimum absolute atomic E-state index is 0.0605. The van der Waals surface area contributed by atoms with Crippen molar-refractivity contribution in [3.8, 4) is 5.75 Å². The van der Waals surface area contributed by atoms with Gasteiger partial charge in [-0.15, -0.1) is 0 Å². The first-order chi connectivity index (χ1) is 9.51. The average Bonchev–Trinajstić information content (AvgIpc) is 2.49. The highest BCUT2D eigenvalue weighted by molar-refractivity contribution is 5.95. The Bertz CT molecular complexity index is 448. The number of rotatable bonds is 7. The lowest BCUT2D eigenvalue weighted by Crippen LogP contribution is -2.39. The molecule has 0 unspecified atom stereocenters. The van der Waals surface area contributed by atoms with Gasteiger partial charge in [-0.2, -0.15) is 0 Å². The van der Waals surface area contributed by atoms with E-state index in [0.29, 0.717) is 23.5 Å². The molecule has 0 aliphatic heterocycles. The van der Waals surface area contributed by atoms with Gasteiger partial charge in [-0.25, -0.2) is 0 Å². The normalized spacial score (nSPS) is 11.2. The van der Waals surface area contributed by atoms with Gasteiger partial charge < -0.3 is 20.9 Å². The SMILES string of the molecule is CCC(CC)(CO)CNC(=O)c1ccc(OC)c(N)c1. The molecule has 112 valence electrons. The monoisotopic (exact) mass is 280 g/mol. The molecule has 0 heterocycles. The zero-order chi connectivity index (χ0) is 15.2. The second-order valence-electron chi connectivity index (χ2n) is 5.00. The zero-order valence-corrected chi connectivity index (χ0v) is 12.4. The van der Waals surface area contributed by atoms with E-state index in [0.717, 1.165) is 12.8 Å². The van der Waals surface area contributed by atoms with E-state index in [4.69, 9.17) is 10.5 Å². The molecule has 1 aromatic carbocycles. The summed E-state index contributed by atoms with van der Waals surface area (Å²) >= 11 is 0. The fourth-order valence-electron chi connectivity index (χ4n) is 2.02. The molecule has 0 saturated heterocycles. The van der Waals surface area contributed by atoms with Gasteiger partial charge in [0.2, 0.25) is 0 Å². The molecule has 1 aromatic rings. The Balaban J connectivity index is 2.74. The topological polar surface area (TPSA) is 84.6 Å². The number of benzene rings is 1. The van der Waals surface area contributed by atoms with Crippen LogP contribution in [0.1, 0.15) is 37.0 Å². The summed E-state index contributed by atoms with van der Waals surface area (Å²) in [6, 6.07) is 4.93. The Labute approximate surface area is 120 Å². The smallest absolute Gasteiger partial charge is 0.251 e. The lowest BCUT2D eigenvalue weighted by molar-refractivity contribution is 0.0851. The van der Waals surface area contributed by atoms with Gasteiger partial charge in [0.15, 0.2) is 0 Å². The third kappa shape index (κ3) is 3.63. The third-order valence-corrected chi connectivity index (χ3v) is 3.95. The number of hydrogen-bond donors (Lipinski definition) is 3. The maximum Gasteiger partial charge on any atom is 0.251 e. The molecule has 5 heteroatoms. The molecule has 5 nitrogen and oxygen atoms in total. The molecule has 20 heavy (non-hydrogen) atoms. The number of hydrogen-bond acceptors (Lipinski definition) is 4. The van der Waals surface area contributed by atoms with E-state index in [2.05, 4.69) is 5.32 Å². The molecule has 4 N–H and O–H groups in total. The van der Waals surface area contributed by atoms with Gasteiger partial charge in [0.25, 0.3) is 5.91 Å². The van der Waals surface area contributed by atoms with Crippen LogP contribution in [0.15, 0.2) is 18.2 Å². The Morgan fingerprint density at radius 2 is 2.05 bits per heavy atom. The first kappa shape index (κ1) is 16.3. The van der Waals surface area contributed by atoms with Gasteiger partial charge in [0.05, 0.1) is 19.4 Å². The highest BCUT2D eigenvalue weighted by atomic mass is 16.5. The highest BCUT2D eigenvalue weighted by Gasteiger charge is 2.26. The van der Waals surface area contributed by atoms with Crippen LogP contribution in [0.5, 0.6) is 5.75 Å². The second-order valence-corrected chi connectivity index (χ2v) is 5.00. The standard InChI is InChI=1S/C15H24N2O3/c1-4-15(5-2,10-18)9-17-14(19)11-6-7-13(20-3)12(16)8-11/h6-8,18H,4-5,9-10,16H2,1-3H3,(H,17,19). The number of nitrogen functional groups attached to an aromatic ring is 1. The van der Waals surface area contributed by atoms with Crippen LogP contribution in [0.4, 0.5) is 5.69 Å². The van der Waals surface area contributed by atoms with Crippen molar-refractivity contribution in [2.45, 2.75) is 26.7 Å². The average molecular weight is 280 g/mol. The fourth-order valence-corrected chi connectivity index (χ4v) is 2.02. The minimum Gasteiger partial charge on any atom is -0.495 e. The second kappa shape index (κ2) is 7.14. The van der Waals surface area contributed by atoms with Gasteiger partial charge in [-0.3, -0.25) is 4.79 Å². The molecule has 1 rings (SSSR count). The summed E-state index contributed by atoms with van der Waals surface area (Å²) in [5, 5.41) is 12.3. The van der Waals surface area contributed by atoms with Gasteiger partial charge in [0, 0.05) is 17.5 Å². The number of anilines is 1. The van der Waals surface area contributed by atoms with E-state index in [1.54, 1.807) is 18.2 Å². The Morgan fingerprint density at radius 1 is 1.40 bits per heavy atom. The van der Waals surface area contributed by atoms with Crippen molar-refractivity contribution >= 4 is 11.6 Å². The Morgan fingerprint density at radius 3 is 2.50 bits per heavy atom. The molecular formula is C15H24N2O3. The van der Waals surface area contributed by atoms with Crippen molar-refractivity contribution in [3.63, 3.8) is 0 Å². The molecule has 0 fully saturated rings. The third-order valence-electron chi connectivity index (χ3n) is 3.95. The number of nitrogens with two attached hydrogens (primary N) is 1. The summed E-state index contributed by atoms with van der Waals surface area (Å²) in [4.78, 5) is 12.1. The summed E-state index contributed by atoms with van der Waals surface area (Å²) in [6.45, 7) is 4.53. The molecule has 0 saturated carbocycles. The predicted octanol–water partition coefficient (Wildman–Crippen LogP) is 1.81. The fraction of sp³-hybridized carbons (Fsp3) is 0.533. The number of carbonyl (C=O) groups excluding carboxylic acids is 1. The molecule has 0 aromatic heterocycles. The van der Waals surface area contributed by atoms with E-state index in [-0.39, 0.29) is 17.9 Å². The van der Waals surface area contributed by atoms with Crippen LogP contribution in [0.25, 0.3) is 0 Å². The Kier molecular flexibility index (Phi) is 5.82. The summed E-state index contributed by atoms with van der Waals surface area (Å²) < 4.78 is 5.06. The van der Waals surface area contributed by atoms with Gasteiger partial charge in [-0.1, -0.05) is 13.8 Å². The van der Waals surface area contributed by atoms with Crippen molar-refractivity contribution in [2.24, 2.45) is 5.41 Å². The highest BCUT2D eigenvalue weighted by Crippen LogP contribution is 2.25. The molecule has 1 amide bonds. The van der Waals surface area contributed by atoms with Crippen LogP contribution < -0.4 is 15.8 Å². The van der Waals surface area contributed by atoms with Gasteiger partial charge >= 0.3 is 0 Å². The molecule has 0 aliphatic carbocycles. The first-order valence-corrected chi connectivity index (χ1v) is 6.84. The number of aliphatic hydroxyl groups excluding tert-OH is 1. The Hall–Kier alpha value is -1.75. The summed E-state index contributed by atoms with van der Waals surface area (Å²) in [6.07, 6.45) is 1.62. The van der Waals surface area contributed by atoms with Crippen LogP contribution in [0.3, 0.4) is 0 Å². The number of amides is 1. The van der Waals surface area contributed by atoms with Crippen molar-refractivity contribution in [1.82, 2.24) is 5.32 Å². The molecule has 0 radical (unpaired) electrons. The molecule has 0 aliphatic rings. The van der Waals surface area contributed by atoms with Crippen molar-refractivity contribution < 1.29 is 14.6 Å². The lowest BCUT2D eigenvalue weighted by atomic mass is 9.83. The van der Waals surface area contributed by atoms with Gasteiger partial charge in [-0.05, 0) is 31.0 Å². The number of ether oxygens (including phenoxy) is 1. The van der Waals surface area contributed by atoms with E-state index in [1.807, 2.05) is 13.8 Å². The number of nitrogens with one attached hydrogen (secondary N) is 1. The number of carbonyl (C=O) groups is 1. The molecule has 0 spiro atoms. The molecular weight excluding hydrogens is 256 g/mol. The van der Waals surface area contributed by atoms with E-state index >= 15 is 0 Å². The van der Waals surface area contributed by atoms with E-state index in [1.165, 1.54) is 7.11 Å². The lowest BCUT2D eigenvalue weighted by Gasteiger charge is -2.29. The number of methoxy groups -OCH3 is 1. The predicted molar refractivity (Wildman–Crippen MR) is 79.8 cm³/mol. The van der Waals surface area contributed by atoms with Crippen LogP contribution in [0.2, 0.25) is 0 Å². The quantitative estimate of drug-likeness (QED) is 0.665. The van der Waals surface area contributed by atoms with Crippen LogP contribution in [0, 0.1) is 5.41 Å². The van der Waals surface area contributed by atoms with Crippen LogP contribution in [-0.4, -0.2) is 31.3 Å².